The number of nitrogens with one attached hydrogen (secondary N) is 1. The summed E-state index contributed by atoms with van der Waals surface area (Å²) in [6.45, 7) is 6.62. The number of hydrogen-bond donors (Lipinski definition) is 1. The van der Waals surface area contributed by atoms with Crippen molar-refractivity contribution in [3.63, 3.8) is 0 Å². The summed E-state index contributed by atoms with van der Waals surface area (Å²) >= 11 is 5.30. The second-order valence-corrected chi connectivity index (χ2v) is 9.03. The number of fused-ring (bicyclic) bond motifs is 1. The Balaban J connectivity index is 1.91. The first kappa shape index (κ1) is 19.1. The molecule has 0 aliphatic rings. The zero-order valence-corrected chi connectivity index (χ0v) is 18.6. The van der Waals surface area contributed by atoms with Crippen LogP contribution in [-0.2, 0) is 6.42 Å². The third-order valence-corrected chi connectivity index (χ3v) is 6.62. The van der Waals surface area contributed by atoms with E-state index in [9.17, 15) is 0 Å². The van der Waals surface area contributed by atoms with Gasteiger partial charge < -0.3 is 5.32 Å². The number of rotatable bonds is 5. The minimum atomic E-state index is 0.431. The Kier molecular flexibility index (Phi) is 5.47. The van der Waals surface area contributed by atoms with Crippen LogP contribution in [0, 0.1) is 0 Å². The van der Waals surface area contributed by atoms with Crippen molar-refractivity contribution in [3.8, 4) is 11.1 Å². The summed E-state index contributed by atoms with van der Waals surface area (Å²) in [5.74, 6) is 1.30. The highest BCUT2D eigenvalue weighted by molar-refractivity contribution is 9.10. The number of halogens is 1. The molecule has 0 spiro atoms. The fourth-order valence-electron chi connectivity index (χ4n) is 3.49. The van der Waals surface area contributed by atoms with Crippen molar-refractivity contribution in [2.45, 2.75) is 33.1 Å². The van der Waals surface area contributed by atoms with E-state index < -0.39 is 0 Å². The highest BCUT2D eigenvalue weighted by Crippen LogP contribution is 2.42. The van der Waals surface area contributed by atoms with Gasteiger partial charge in [-0.2, -0.15) is 0 Å². The normalized spacial score (nSPS) is 11.3. The van der Waals surface area contributed by atoms with Crippen LogP contribution in [0.15, 0.2) is 59.3 Å². The first-order chi connectivity index (χ1) is 13.6. The van der Waals surface area contributed by atoms with Gasteiger partial charge >= 0.3 is 0 Å². The third kappa shape index (κ3) is 3.56. The van der Waals surface area contributed by atoms with E-state index in [0.29, 0.717) is 5.92 Å². The highest BCUT2D eigenvalue weighted by atomic mass is 79.9. The Morgan fingerprint density at radius 1 is 1.04 bits per heavy atom. The SMILES string of the molecule is CCc1sc2ncnc(Nc3ccccc3C(C)C)c2c1-c1ccc(Br)cc1. The molecule has 4 aromatic rings. The van der Waals surface area contributed by atoms with Crippen LogP contribution in [-0.4, -0.2) is 9.97 Å². The van der Waals surface area contributed by atoms with Crippen molar-refractivity contribution in [1.82, 2.24) is 9.97 Å². The summed E-state index contributed by atoms with van der Waals surface area (Å²) in [6, 6.07) is 16.9. The summed E-state index contributed by atoms with van der Waals surface area (Å²) in [5, 5.41) is 4.70. The summed E-state index contributed by atoms with van der Waals surface area (Å²) in [4.78, 5) is 11.6. The molecule has 0 amide bonds. The van der Waals surface area contributed by atoms with Crippen LogP contribution in [0.3, 0.4) is 0 Å². The monoisotopic (exact) mass is 451 g/mol. The lowest BCUT2D eigenvalue weighted by Crippen LogP contribution is -2.00. The molecule has 0 aliphatic carbocycles. The molecule has 28 heavy (non-hydrogen) atoms. The molecule has 4 rings (SSSR count). The summed E-state index contributed by atoms with van der Waals surface area (Å²) in [5.41, 5.74) is 4.82. The molecule has 0 atom stereocenters. The lowest BCUT2D eigenvalue weighted by Gasteiger charge is -2.15. The third-order valence-electron chi connectivity index (χ3n) is 4.85. The molecule has 0 unspecified atom stereocenters. The van der Waals surface area contributed by atoms with Crippen molar-refractivity contribution in [2.75, 3.05) is 5.32 Å². The molecule has 0 saturated carbocycles. The smallest absolute Gasteiger partial charge is 0.143 e. The maximum Gasteiger partial charge on any atom is 0.143 e. The van der Waals surface area contributed by atoms with Crippen LogP contribution >= 0.6 is 27.3 Å². The predicted octanol–water partition coefficient (Wildman–Crippen LogP) is 7.55. The van der Waals surface area contributed by atoms with Crippen molar-refractivity contribution in [2.24, 2.45) is 0 Å². The van der Waals surface area contributed by atoms with Gasteiger partial charge in [-0.1, -0.05) is 67.0 Å². The standard InChI is InChI=1S/C23H22BrN3S/c1-4-19-20(15-9-11-16(24)12-10-15)21-22(25-13-26-23(21)28-19)27-18-8-6-5-7-17(18)14(2)3/h5-14H,4H2,1-3H3,(H,25,26,27). The van der Waals surface area contributed by atoms with E-state index in [1.807, 2.05) is 0 Å². The second kappa shape index (κ2) is 8.02. The molecule has 0 aliphatic heterocycles. The largest absolute Gasteiger partial charge is 0.339 e. The molecule has 2 heterocycles. The average Bonchev–Trinajstić information content (AvgIpc) is 3.08. The summed E-state index contributed by atoms with van der Waals surface area (Å²) in [6.07, 6.45) is 2.62. The van der Waals surface area contributed by atoms with Crippen molar-refractivity contribution >= 4 is 49.0 Å². The van der Waals surface area contributed by atoms with Crippen LogP contribution in [0.1, 0.15) is 37.1 Å². The number of hydrogen-bond acceptors (Lipinski definition) is 4. The van der Waals surface area contributed by atoms with Gasteiger partial charge in [0.15, 0.2) is 0 Å². The van der Waals surface area contributed by atoms with E-state index in [1.54, 1.807) is 17.7 Å². The summed E-state index contributed by atoms with van der Waals surface area (Å²) < 4.78 is 1.08. The fraction of sp³-hybridized carbons (Fsp3) is 0.217. The van der Waals surface area contributed by atoms with Crippen LogP contribution in [0.4, 0.5) is 11.5 Å². The minimum absolute atomic E-state index is 0.431. The molecule has 3 nitrogen and oxygen atoms in total. The van der Waals surface area contributed by atoms with E-state index in [1.165, 1.54) is 21.6 Å². The van der Waals surface area contributed by atoms with Crippen LogP contribution in [0.5, 0.6) is 0 Å². The van der Waals surface area contributed by atoms with Crippen LogP contribution in [0.2, 0.25) is 0 Å². The highest BCUT2D eigenvalue weighted by Gasteiger charge is 2.19. The van der Waals surface area contributed by atoms with Gasteiger partial charge in [-0.3, -0.25) is 0 Å². The molecular formula is C23H22BrN3S. The summed E-state index contributed by atoms with van der Waals surface area (Å²) in [7, 11) is 0. The molecule has 0 fully saturated rings. The van der Waals surface area contributed by atoms with Crippen molar-refractivity contribution in [1.29, 1.82) is 0 Å². The quantitative estimate of drug-likeness (QED) is 0.340. The van der Waals surface area contributed by atoms with E-state index >= 15 is 0 Å². The maximum atomic E-state index is 4.63. The number of aromatic nitrogens is 2. The van der Waals surface area contributed by atoms with Crippen molar-refractivity contribution in [3.05, 3.63) is 69.8 Å². The van der Waals surface area contributed by atoms with Gasteiger partial charge in [0.2, 0.25) is 0 Å². The van der Waals surface area contributed by atoms with Crippen LogP contribution < -0.4 is 5.32 Å². The number of thiophene rings is 1. The van der Waals surface area contributed by atoms with Crippen molar-refractivity contribution < 1.29 is 0 Å². The molecule has 0 bridgehead atoms. The van der Waals surface area contributed by atoms with E-state index in [4.69, 9.17) is 0 Å². The Morgan fingerprint density at radius 2 is 1.79 bits per heavy atom. The lowest BCUT2D eigenvalue weighted by atomic mass is 10.0. The van der Waals surface area contributed by atoms with Gasteiger partial charge in [-0.25, -0.2) is 9.97 Å². The number of para-hydroxylation sites is 1. The topological polar surface area (TPSA) is 37.8 Å². The number of aryl methyl sites for hydroxylation is 1. The Labute approximate surface area is 178 Å². The zero-order valence-electron chi connectivity index (χ0n) is 16.2. The lowest BCUT2D eigenvalue weighted by molar-refractivity contribution is 0.869. The molecule has 1 N–H and O–H groups in total. The molecule has 2 aromatic heterocycles. The Bertz CT molecular complexity index is 1120. The first-order valence-corrected chi connectivity index (χ1v) is 11.1. The molecule has 142 valence electrons. The maximum absolute atomic E-state index is 4.63. The Morgan fingerprint density at radius 3 is 2.50 bits per heavy atom. The second-order valence-electron chi connectivity index (χ2n) is 7.03. The van der Waals surface area contributed by atoms with E-state index in [0.717, 1.165) is 32.6 Å². The van der Waals surface area contributed by atoms with E-state index in [-0.39, 0.29) is 0 Å². The van der Waals surface area contributed by atoms with Crippen LogP contribution in [0.25, 0.3) is 21.3 Å². The number of benzene rings is 2. The average molecular weight is 452 g/mol. The molecule has 5 heteroatoms. The van der Waals surface area contributed by atoms with Gasteiger partial charge in [-0.15, -0.1) is 11.3 Å². The van der Waals surface area contributed by atoms with Gasteiger partial charge in [0, 0.05) is 20.6 Å². The number of nitrogens with zero attached hydrogens (tertiary/aromatic N) is 2. The molecule has 0 radical (unpaired) electrons. The molecule has 0 saturated heterocycles. The van der Waals surface area contributed by atoms with Gasteiger partial charge in [0.05, 0.1) is 5.39 Å². The molecular weight excluding hydrogens is 430 g/mol. The zero-order chi connectivity index (χ0) is 19.7. The van der Waals surface area contributed by atoms with Gasteiger partial charge in [0.25, 0.3) is 0 Å². The molecule has 2 aromatic carbocycles. The number of anilines is 2. The fourth-order valence-corrected chi connectivity index (χ4v) is 4.85. The van der Waals surface area contributed by atoms with E-state index in [2.05, 4.69) is 101 Å². The first-order valence-electron chi connectivity index (χ1n) is 9.46. The van der Waals surface area contributed by atoms with Gasteiger partial charge in [0.1, 0.15) is 17.0 Å². The minimum Gasteiger partial charge on any atom is -0.339 e. The predicted molar refractivity (Wildman–Crippen MR) is 124 cm³/mol. The van der Waals surface area contributed by atoms with Gasteiger partial charge in [-0.05, 0) is 41.7 Å². The Hall–Kier alpha value is -2.24.